The maximum Gasteiger partial charge on any atom is 0.124 e. The van der Waals surface area contributed by atoms with Crippen LogP contribution in [0.2, 0.25) is 0 Å². The Kier molecular flexibility index (Phi) is 3.53. The van der Waals surface area contributed by atoms with Crippen LogP contribution < -0.4 is 4.74 Å². The maximum absolute atomic E-state index is 10.0. The van der Waals surface area contributed by atoms with Gasteiger partial charge in [-0.1, -0.05) is 6.07 Å². The van der Waals surface area contributed by atoms with Crippen molar-refractivity contribution in [2.24, 2.45) is 0 Å². The fraction of sp³-hybridized carbons (Fsp3) is 0.400. The molecule has 0 spiro atoms. The Hall–Kier alpha value is -1.39. The number of hydrogen-bond donors (Lipinski definition) is 1. The van der Waals surface area contributed by atoms with Gasteiger partial charge < -0.3 is 9.84 Å². The van der Waals surface area contributed by atoms with Gasteiger partial charge in [0.15, 0.2) is 0 Å². The van der Waals surface area contributed by atoms with Crippen LogP contribution in [0.1, 0.15) is 40.0 Å². The molecule has 3 nitrogen and oxygen atoms in total. The Balaban J connectivity index is 1.73. The number of benzene rings is 1. The van der Waals surface area contributed by atoms with Gasteiger partial charge in [-0.2, -0.15) is 0 Å². The first-order chi connectivity index (χ1) is 9.22. The largest absolute Gasteiger partial charge is 0.488 e. The van der Waals surface area contributed by atoms with E-state index in [1.54, 1.807) is 11.3 Å². The molecule has 1 aromatic carbocycles. The fourth-order valence-corrected chi connectivity index (χ4v) is 3.18. The molecule has 0 unspecified atom stereocenters. The molecule has 1 N–H and O–H groups in total. The van der Waals surface area contributed by atoms with Crippen molar-refractivity contribution < 1.29 is 9.84 Å². The van der Waals surface area contributed by atoms with Gasteiger partial charge in [-0.15, -0.1) is 11.3 Å². The number of thiazole rings is 1. The van der Waals surface area contributed by atoms with Gasteiger partial charge >= 0.3 is 0 Å². The Morgan fingerprint density at radius 2 is 2.37 bits per heavy atom. The Morgan fingerprint density at radius 1 is 1.47 bits per heavy atom. The third-order valence-corrected chi connectivity index (χ3v) is 4.34. The zero-order valence-electron chi connectivity index (χ0n) is 10.9. The van der Waals surface area contributed by atoms with Gasteiger partial charge in [0.1, 0.15) is 12.4 Å². The van der Waals surface area contributed by atoms with E-state index in [0.29, 0.717) is 6.61 Å². The highest BCUT2D eigenvalue weighted by Gasteiger charge is 2.18. The number of fused-ring (bicyclic) bond motifs is 1. The van der Waals surface area contributed by atoms with Crippen molar-refractivity contribution >= 4 is 11.3 Å². The van der Waals surface area contributed by atoms with E-state index in [1.165, 1.54) is 5.56 Å². The van der Waals surface area contributed by atoms with Crippen LogP contribution in [-0.4, -0.2) is 10.1 Å². The van der Waals surface area contributed by atoms with Crippen LogP contribution in [-0.2, 0) is 13.0 Å². The van der Waals surface area contributed by atoms with Gasteiger partial charge in [0, 0.05) is 6.20 Å². The monoisotopic (exact) mass is 275 g/mol. The Morgan fingerprint density at radius 3 is 3.16 bits per heavy atom. The van der Waals surface area contributed by atoms with E-state index in [2.05, 4.69) is 11.1 Å². The number of ether oxygens (including phenoxy) is 1. The standard InChI is InChI=1S/C15H17NO2S/c1-10-16-8-13(19-10)9-18-12-6-5-11-3-2-4-15(17)14(11)7-12/h5-8,15,17H,2-4,9H2,1H3/t15-/m0/s1. The van der Waals surface area contributed by atoms with Gasteiger partial charge in [-0.3, -0.25) is 0 Å². The van der Waals surface area contributed by atoms with E-state index in [0.717, 1.165) is 40.5 Å². The molecule has 100 valence electrons. The van der Waals surface area contributed by atoms with Crippen molar-refractivity contribution in [3.8, 4) is 5.75 Å². The van der Waals surface area contributed by atoms with Crippen LogP contribution in [0.4, 0.5) is 0 Å². The molecule has 19 heavy (non-hydrogen) atoms. The van der Waals surface area contributed by atoms with E-state index in [1.807, 2.05) is 25.3 Å². The summed E-state index contributed by atoms with van der Waals surface area (Å²) in [6.07, 6.45) is 4.49. The number of aliphatic hydroxyl groups excluding tert-OH is 1. The SMILES string of the molecule is Cc1ncc(COc2ccc3c(c2)[C@@H](O)CCC3)s1. The van der Waals surface area contributed by atoms with Crippen molar-refractivity contribution in [2.45, 2.75) is 38.9 Å². The maximum atomic E-state index is 10.0. The number of hydrogen-bond acceptors (Lipinski definition) is 4. The molecular formula is C15H17NO2S. The smallest absolute Gasteiger partial charge is 0.124 e. The average Bonchev–Trinajstić information content (AvgIpc) is 2.83. The minimum absolute atomic E-state index is 0.335. The van der Waals surface area contributed by atoms with Crippen molar-refractivity contribution in [1.29, 1.82) is 0 Å². The summed E-state index contributed by atoms with van der Waals surface area (Å²) < 4.78 is 5.78. The molecule has 0 saturated heterocycles. The summed E-state index contributed by atoms with van der Waals surface area (Å²) in [5, 5.41) is 11.1. The number of aryl methyl sites for hydroxylation is 2. The van der Waals surface area contributed by atoms with Crippen molar-refractivity contribution in [3.05, 3.63) is 45.4 Å². The topological polar surface area (TPSA) is 42.4 Å². The minimum Gasteiger partial charge on any atom is -0.488 e. The lowest BCUT2D eigenvalue weighted by molar-refractivity contribution is 0.156. The molecular weight excluding hydrogens is 258 g/mol. The molecule has 1 heterocycles. The van der Waals surface area contributed by atoms with Gasteiger partial charge in [-0.05, 0) is 49.4 Å². The predicted octanol–water partition coefficient (Wildman–Crippen LogP) is 3.40. The molecule has 1 aliphatic rings. The first kappa shape index (κ1) is 12.6. The first-order valence-electron chi connectivity index (χ1n) is 6.57. The second-order valence-electron chi connectivity index (χ2n) is 4.90. The molecule has 0 aliphatic heterocycles. The highest BCUT2D eigenvalue weighted by atomic mass is 32.1. The van der Waals surface area contributed by atoms with Crippen LogP contribution in [0.15, 0.2) is 24.4 Å². The van der Waals surface area contributed by atoms with E-state index in [-0.39, 0.29) is 6.10 Å². The Labute approximate surface area is 116 Å². The molecule has 0 saturated carbocycles. The summed E-state index contributed by atoms with van der Waals surface area (Å²) in [4.78, 5) is 5.33. The molecule has 2 aromatic rings. The summed E-state index contributed by atoms with van der Waals surface area (Å²) in [5.74, 6) is 0.825. The highest BCUT2D eigenvalue weighted by molar-refractivity contribution is 7.11. The molecule has 4 heteroatoms. The van der Waals surface area contributed by atoms with Crippen LogP contribution >= 0.6 is 11.3 Å². The zero-order valence-corrected chi connectivity index (χ0v) is 11.7. The second kappa shape index (κ2) is 5.31. The van der Waals surface area contributed by atoms with E-state index in [4.69, 9.17) is 4.74 Å². The van der Waals surface area contributed by atoms with E-state index < -0.39 is 0 Å². The minimum atomic E-state index is -0.335. The zero-order chi connectivity index (χ0) is 13.2. The molecule has 1 aromatic heterocycles. The summed E-state index contributed by atoms with van der Waals surface area (Å²) in [7, 11) is 0. The number of aliphatic hydroxyl groups is 1. The fourth-order valence-electron chi connectivity index (χ4n) is 2.47. The van der Waals surface area contributed by atoms with Crippen LogP contribution in [0.5, 0.6) is 5.75 Å². The summed E-state index contributed by atoms with van der Waals surface area (Å²) in [6.45, 7) is 2.53. The third kappa shape index (κ3) is 2.80. The number of nitrogens with zero attached hydrogens (tertiary/aromatic N) is 1. The van der Waals surface area contributed by atoms with Crippen LogP contribution in [0.3, 0.4) is 0 Å². The molecule has 0 amide bonds. The van der Waals surface area contributed by atoms with Gasteiger partial charge in [0.2, 0.25) is 0 Å². The van der Waals surface area contributed by atoms with Crippen molar-refractivity contribution in [3.63, 3.8) is 0 Å². The van der Waals surface area contributed by atoms with Crippen LogP contribution in [0, 0.1) is 6.92 Å². The second-order valence-corrected chi connectivity index (χ2v) is 6.22. The lowest BCUT2D eigenvalue weighted by Gasteiger charge is -2.21. The third-order valence-electron chi connectivity index (χ3n) is 3.45. The number of rotatable bonds is 3. The van der Waals surface area contributed by atoms with Gasteiger partial charge in [0.05, 0.1) is 16.0 Å². The normalized spacial score (nSPS) is 18.1. The van der Waals surface area contributed by atoms with Crippen molar-refractivity contribution in [1.82, 2.24) is 4.98 Å². The Bertz CT molecular complexity index is 579. The summed E-state index contributed by atoms with van der Waals surface area (Å²) in [5.41, 5.74) is 2.28. The molecule has 1 atom stereocenters. The lowest BCUT2D eigenvalue weighted by Crippen LogP contribution is -2.09. The molecule has 0 bridgehead atoms. The predicted molar refractivity (Wildman–Crippen MR) is 75.5 cm³/mol. The summed E-state index contributed by atoms with van der Waals surface area (Å²) >= 11 is 1.65. The molecule has 1 aliphatic carbocycles. The van der Waals surface area contributed by atoms with Crippen LogP contribution in [0.25, 0.3) is 0 Å². The molecule has 0 fully saturated rings. The van der Waals surface area contributed by atoms with E-state index >= 15 is 0 Å². The highest BCUT2D eigenvalue weighted by Crippen LogP contribution is 2.32. The van der Waals surface area contributed by atoms with Gasteiger partial charge in [0.25, 0.3) is 0 Å². The molecule has 3 rings (SSSR count). The van der Waals surface area contributed by atoms with E-state index in [9.17, 15) is 5.11 Å². The quantitative estimate of drug-likeness (QED) is 0.933. The first-order valence-corrected chi connectivity index (χ1v) is 7.39. The van der Waals surface area contributed by atoms with Crippen molar-refractivity contribution in [2.75, 3.05) is 0 Å². The summed E-state index contributed by atoms with van der Waals surface area (Å²) in [6, 6.07) is 6.04. The number of aromatic nitrogens is 1. The average molecular weight is 275 g/mol. The lowest BCUT2D eigenvalue weighted by atomic mass is 9.89. The van der Waals surface area contributed by atoms with Gasteiger partial charge in [-0.25, -0.2) is 4.98 Å². The molecule has 0 radical (unpaired) electrons.